The second-order valence-electron chi connectivity index (χ2n) is 3.32. The van der Waals surface area contributed by atoms with Gasteiger partial charge in [0.15, 0.2) is 5.58 Å². The van der Waals surface area contributed by atoms with Crippen molar-refractivity contribution in [3.63, 3.8) is 0 Å². The molecule has 0 fully saturated rings. The first-order chi connectivity index (χ1) is 7.99. The van der Waals surface area contributed by atoms with Crippen LogP contribution in [0.15, 0.2) is 22.6 Å². The minimum atomic E-state index is -2.66. The van der Waals surface area contributed by atoms with Crippen molar-refractivity contribution in [1.29, 1.82) is 0 Å². The molecule has 0 saturated heterocycles. The van der Waals surface area contributed by atoms with Gasteiger partial charge >= 0.3 is 5.97 Å². The monoisotopic (exact) mass is 243 g/mol. The van der Waals surface area contributed by atoms with Crippen LogP contribution in [0.5, 0.6) is 0 Å². The molecule has 2 rings (SSSR count). The molecule has 0 radical (unpaired) electrons. The van der Waals surface area contributed by atoms with Crippen molar-refractivity contribution in [3.05, 3.63) is 29.7 Å². The summed E-state index contributed by atoms with van der Waals surface area (Å²) in [5.41, 5.74) is -0.0344. The van der Waals surface area contributed by atoms with Gasteiger partial charge in [-0.15, -0.1) is 0 Å². The Morgan fingerprint density at radius 1 is 1.41 bits per heavy atom. The number of carboxylic acids is 1. The summed E-state index contributed by atoms with van der Waals surface area (Å²) in [6.45, 7) is 0. The van der Waals surface area contributed by atoms with Crippen LogP contribution < -0.4 is 0 Å². The Bertz CT molecular complexity index is 566. The number of oxazole rings is 1. The van der Waals surface area contributed by atoms with Crippen LogP contribution in [0.1, 0.15) is 24.0 Å². The van der Waals surface area contributed by atoms with Gasteiger partial charge in [-0.2, -0.15) is 0 Å². The maximum absolute atomic E-state index is 12.4. The van der Waals surface area contributed by atoms with Crippen LogP contribution in [0.25, 0.3) is 11.1 Å². The van der Waals surface area contributed by atoms with E-state index in [1.165, 1.54) is 6.07 Å². The van der Waals surface area contributed by atoms with Gasteiger partial charge in [0, 0.05) is 5.56 Å². The molecule has 5 nitrogen and oxygen atoms in total. The van der Waals surface area contributed by atoms with Crippen molar-refractivity contribution < 1.29 is 28.2 Å². The molecule has 1 aromatic heterocycles. The number of hydrogen-bond donors (Lipinski definition) is 2. The van der Waals surface area contributed by atoms with Gasteiger partial charge in [0.1, 0.15) is 5.52 Å². The van der Waals surface area contributed by atoms with Crippen LogP contribution in [0, 0.1) is 0 Å². The van der Waals surface area contributed by atoms with E-state index in [1.54, 1.807) is 0 Å². The van der Waals surface area contributed by atoms with Gasteiger partial charge in [-0.1, -0.05) is 6.07 Å². The maximum atomic E-state index is 12.4. The number of aliphatic carboxylic acids is 1. The highest BCUT2D eigenvalue weighted by Gasteiger charge is 2.22. The van der Waals surface area contributed by atoms with Crippen molar-refractivity contribution >= 4 is 17.1 Å². The lowest BCUT2D eigenvalue weighted by atomic mass is 10.2. The van der Waals surface area contributed by atoms with E-state index in [9.17, 15) is 18.7 Å². The Kier molecular flexibility index (Phi) is 2.76. The van der Waals surface area contributed by atoms with E-state index in [0.717, 1.165) is 12.1 Å². The topological polar surface area (TPSA) is 83.6 Å². The second kappa shape index (κ2) is 4.10. The number of halogens is 2. The Morgan fingerprint density at radius 2 is 2.12 bits per heavy atom. The minimum absolute atomic E-state index is 0.0121. The number of carboxylic acid groups (broad SMARTS) is 1. The van der Waals surface area contributed by atoms with Crippen molar-refractivity contribution in [2.24, 2.45) is 0 Å². The smallest absolute Gasteiger partial charge is 0.342 e. The van der Waals surface area contributed by atoms with E-state index >= 15 is 0 Å². The molecule has 0 saturated carbocycles. The Hall–Kier alpha value is -2.02. The maximum Gasteiger partial charge on any atom is 0.342 e. The molecule has 2 aromatic rings. The fourth-order valence-corrected chi connectivity index (χ4v) is 1.32. The number of hydrogen-bond acceptors (Lipinski definition) is 4. The Balaban J connectivity index is 2.47. The standard InChI is InChI=1S/C10H7F2NO4/c11-8(12)4-1-2-5-6(3-4)17-9(13-5)7(14)10(15)16/h1-3,7-8,14H,(H,15,16). The fourth-order valence-electron chi connectivity index (χ4n) is 1.32. The minimum Gasteiger partial charge on any atom is -0.479 e. The molecule has 0 spiro atoms. The predicted molar refractivity (Wildman–Crippen MR) is 51.6 cm³/mol. The molecular formula is C10H7F2NO4. The molecule has 0 aliphatic heterocycles. The van der Waals surface area contributed by atoms with Crippen molar-refractivity contribution in [2.75, 3.05) is 0 Å². The quantitative estimate of drug-likeness (QED) is 0.859. The molecule has 0 aliphatic rings. The number of nitrogens with zero attached hydrogens (tertiary/aromatic N) is 1. The average Bonchev–Trinajstić information content (AvgIpc) is 2.69. The normalized spacial score (nSPS) is 13.2. The lowest BCUT2D eigenvalue weighted by Crippen LogP contribution is -2.10. The summed E-state index contributed by atoms with van der Waals surface area (Å²) in [4.78, 5) is 14.2. The molecule has 0 bridgehead atoms. The summed E-state index contributed by atoms with van der Waals surface area (Å²) < 4.78 is 29.7. The number of fused-ring (bicyclic) bond motifs is 1. The largest absolute Gasteiger partial charge is 0.479 e. The molecule has 0 aliphatic carbocycles. The first-order valence-electron chi connectivity index (χ1n) is 4.58. The Morgan fingerprint density at radius 3 is 2.71 bits per heavy atom. The molecule has 1 heterocycles. The molecule has 1 atom stereocenters. The average molecular weight is 243 g/mol. The number of aliphatic hydroxyl groups is 1. The number of carbonyl (C=O) groups is 1. The zero-order valence-corrected chi connectivity index (χ0v) is 8.30. The number of benzene rings is 1. The van der Waals surface area contributed by atoms with Gasteiger partial charge in [0.25, 0.3) is 6.43 Å². The Labute approximate surface area is 93.3 Å². The van der Waals surface area contributed by atoms with Crippen LogP contribution in [0.4, 0.5) is 8.78 Å². The second-order valence-corrected chi connectivity index (χ2v) is 3.32. The predicted octanol–water partition coefficient (Wildman–Crippen LogP) is 1.88. The summed E-state index contributed by atoms with van der Waals surface area (Å²) >= 11 is 0. The molecule has 1 unspecified atom stereocenters. The third-order valence-electron chi connectivity index (χ3n) is 2.15. The first kappa shape index (κ1) is 11.5. The summed E-state index contributed by atoms with van der Waals surface area (Å²) in [5, 5.41) is 17.7. The van der Waals surface area contributed by atoms with Gasteiger partial charge in [0.2, 0.25) is 12.0 Å². The summed E-state index contributed by atoms with van der Waals surface area (Å²) in [6, 6.07) is 3.50. The summed E-state index contributed by atoms with van der Waals surface area (Å²) in [7, 11) is 0. The highest BCUT2D eigenvalue weighted by atomic mass is 19.3. The van der Waals surface area contributed by atoms with E-state index in [1.807, 2.05) is 0 Å². The molecule has 2 N–H and O–H groups in total. The summed E-state index contributed by atoms with van der Waals surface area (Å²) in [5.74, 6) is -1.95. The van der Waals surface area contributed by atoms with Crippen molar-refractivity contribution in [2.45, 2.75) is 12.5 Å². The lowest BCUT2D eigenvalue weighted by Gasteiger charge is -1.97. The third kappa shape index (κ3) is 2.09. The van der Waals surface area contributed by atoms with Crippen LogP contribution in [0.3, 0.4) is 0 Å². The lowest BCUT2D eigenvalue weighted by molar-refractivity contribution is -0.148. The van der Waals surface area contributed by atoms with E-state index in [-0.39, 0.29) is 16.7 Å². The van der Waals surface area contributed by atoms with Crippen molar-refractivity contribution in [3.8, 4) is 0 Å². The highest BCUT2D eigenvalue weighted by Crippen LogP contribution is 2.25. The molecular weight excluding hydrogens is 236 g/mol. The highest BCUT2D eigenvalue weighted by molar-refractivity contribution is 5.77. The van der Waals surface area contributed by atoms with E-state index < -0.39 is 24.4 Å². The molecule has 17 heavy (non-hydrogen) atoms. The van der Waals surface area contributed by atoms with E-state index in [0.29, 0.717) is 0 Å². The summed E-state index contributed by atoms with van der Waals surface area (Å²) in [6.07, 6.45) is -4.56. The van der Waals surface area contributed by atoms with Gasteiger partial charge in [-0.25, -0.2) is 18.6 Å². The fraction of sp³-hybridized carbons (Fsp3) is 0.200. The molecule has 0 amide bonds. The third-order valence-corrected chi connectivity index (χ3v) is 2.15. The zero-order chi connectivity index (χ0) is 12.6. The van der Waals surface area contributed by atoms with E-state index in [2.05, 4.69) is 4.98 Å². The van der Waals surface area contributed by atoms with Crippen LogP contribution >= 0.6 is 0 Å². The zero-order valence-electron chi connectivity index (χ0n) is 8.30. The van der Waals surface area contributed by atoms with E-state index in [4.69, 9.17) is 9.52 Å². The number of aromatic nitrogens is 1. The van der Waals surface area contributed by atoms with Crippen molar-refractivity contribution in [1.82, 2.24) is 4.98 Å². The van der Waals surface area contributed by atoms with Gasteiger partial charge in [0.05, 0.1) is 0 Å². The first-order valence-corrected chi connectivity index (χ1v) is 4.58. The SMILES string of the molecule is O=C(O)C(O)c1nc2ccc(C(F)F)cc2o1. The number of alkyl halides is 2. The molecule has 1 aromatic carbocycles. The molecule has 7 heteroatoms. The molecule has 90 valence electrons. The van der Waals surface area contributed by atoms with Gasteiger partial charge in [-0.05, 0) is 12.1 Å². The van der Waals surface area contributed by atoms with Crippen LogP contribution in [-0.2, 0) is 4.79 Å². The van der Waals surface area contributed by atoms with Crippen LogP contribution in [-0.4, -0.2) is 21.2 Å². The van der Waals surface area contributed by atoms with Gasteiger partial charge in [-0.3, -0.25) is 0 Å². The van der Waals surface area contributed by atoms with Gasteiger partial charge < -0.3 is 14.6 Å². The van der Waals surface area contributed by atoms with Crippen LogP contribution in [0.2, 0.25) is 0 Å². The number of aliphatic hydroxyl groups excluding tert-OH is 1. The number of rotatable bonds is 3.